The molecule has 0 aliphatic carbocycles. The fraction of sp³-hybridized carbons (Fsp3) is 0.300. The van der Waals surface area contributed by atoms with Gasteiger partial charge in [0, 0.05) is 27.5 Å². The first-order valence-corrected chi connectivity index (χ1v) is 8.34. The van der Waals surface area contributed by atoms with E-state index in [9.17, 15) is 8.42 Å². The minimum atomic E-state index is -3.01. The Kier molecular flexibility index (Phi) is 5.30. The van der Waals surface area contributed by atoms with Gasteiger partial charge in [0.25, 0.3) is 0 Å². The minimum absolute atomic E-state index is 0.0338. The second kappa shape index (κ2) is 6.31. The maximum absolute atomic E-state index is 11.0. The van der Waals surface area contributed by atoms with Crippen LogP contribution in [0.3, 0.4) is 0 Å². The molecule has 0 spiro atoms. The highest BCUT2D eigenvalue weighted by Crippen LogP contribution is 2.26. The fourth-order valence-corrected chi connectivity index (χ4v) is 3.72. The molecule has 3 N–H and O–H groups in total. The van der Waals surface area contributed by atoms with E-state index in [2.05, 4.69) is 5.16 Å². The van der Waals surface area contributed by atoms with E-state index in [0.717, 1.165) is 0 Å². The summed E-state index contributed by atoms with van der Waals surface area (Å²) in [5.41, 5.74) is 6.06. The second-order valence-electron chi connectivity index (χ2n) is 3.60. The van der Waals surface area contributed by atoms with Crippen molar-refractivity contribution < 1.29 is 13.6 Å². The summed E-state index contributed by atoms with van der Waals surface area (Å²) in [6, 6.07) is 4.90. The van der Waals surface area contributed by atoms with Crippen LogP contribution in [-0.2, 0) is 9.84 Å². The van der Waals surface area contributed by atoms with Gasteiger partial charge < -0.3 is 10.9 Å². The monoisotopic (exact) mass is 308 g/mol. The standard InChI is InChI=1S/C10H13ClN2O3S2/c1-18(15,16)5-4-17-9-6-7(11)2-3-8(9)10(12)13-14/h2-3,6,14H,4-5H2,1H3,(H2,12,13). The van der Waals surface area contributed by atoms with Gasteiger partial charge in [-0.2, -0.15) is 0 Å². The highest BCUT2D eigenvalue weighted by molar-refractivity contribution is 8.00. The van der Waals surface area contributed by atoms with Gasteiger partial charge in [-0.25, -0.2) is 8.42 Å². The Morgan fingerprint density at radius 1 is 1.56 bits per heavy atom. The van der Waals surface area contributed by atoms with E-state index < -0.39 is 9.84 Å². The Bertz CT molecular complexity index is 558. The highest BCUT2D eigenvalue weighted by atomic mass is 35.5. The molecule has 0 amide bonds. The number of halogens is 1. The van der Waals surface area contributed by atoms with Crippen molar-refractivity contribution in [1.29, 1.82) is 0 Å². The van der Waals surface area contributed by atoms with Crippen LogP contribution in [0.15, 0.2) is 28.3 Å². The number of hydrogen-bond donors (Lipinski definition) is 2. The van der Waals surface area contributed by atoms with Gasteiger partial charge in [0.2, 0.25) is 0 Å². The van der Waals surface area contributed by atoms with E-state index in [1.807, 2.05) is 0 Å². The number of benzene rings is 1. The average Bonchev–Trinajstić information content (AvgIpc) is 2.26. The van der Waals surface area contributed by atoms with Crippen LogP contribution in [0, 0.1) is 0 Å². The van der Waals surface area contributed by atoms with Gasteiger partial charge in [0.15, 0.2) is 5.84 Å². The minimum Gasteiger partial charge on any atom is -0.409 e. The predicted molar refractivity (Wildman–Crippen MR) is 74.4 cm³/mol. The van der Waals surface area contributed by atoms with Gasteiger partial charge in [-0.3, -0.25) is 0 Å². The van der Waals surface area contributed by atoms with Gasteiger partial charge in [-0.15, -0.1) is 11.8 Å². The smallest absolute Gasteiger partial charge is 0.171 e. The summed E-state index contributed by atoms with van der Waals surface area (Å²) in [7, 11) is -3.01. The van der Waals surface area contributed by atoms with Crippen molar-refractivity contribution >= 4 is 39.0 Å². The van der Waals surface area contributed by atoms with Crippen molar-refractivity contribution in [3.8, 4) is 0 Å². The van der Waals surface area contributed by atoms with Crippen molar-refractivity contribution in [3.63, 3.8) is 0 Å². The number of nitrogens with two attached hydrogens (primary N) is 1. The maximum Gasteiger partial charge on any atom is 0.171 e. The van der Waals surface area contributed by atoms with E-state index in [-0.39, 0.29) is 11.6 Å². The lowest BCUT2D eigenvalue weighted by atomic mass is 10.2. The molecule has 0 aliphatic rings. The molecule has 0 heterocycles. The van der Waals surface area contributed by atoms with Crippen molar-refractivity contribution in [2.75, 3.05) is 17.8 Å². The normalized spacial score (nSPS) is 12.7. The van der Waals surface area contributed by atoms with Crippen molar-refractivity contribution in [3.05, 3.63) is 28.8 Å². The number of amidine groups is 1. The lowest BCUT2D eigenvalue weighted by Gasteiger charge is -2.08. The van der Waals surface area contributed by atoms with Crippen molar-refractivity contribution in [2.24, 2.45) is 10.9 Å². The molecule has 0 atom stereocenters. The molecule has 0 aromatic heterocycles. The molecule has 1 aromatic carbocycles. The van der Waals surface area contributed by atoms with Crippen molar-refractivity contribution in [2.45, 2.75) is 4.90 Å². The Morgan fingerprint density at radius 3 is 2.78 bits per heavy atom. The van der Waals surface area contributed by atoms with Crippen LogP contribution in [-0.4, -0.2) is 37.2 Å². The zero-order valence-corrected chi connectivity index (χ0v) is 12.0. The van der Waals surface area contributed by atoms with Crippen LogP contribution in [0.25, 0.3) is 0 Å². The summed E-state index contributed by atoms with van der Waals surface area (Å²) in [5.74, 6) is 0.401. The molecular formula is C10H13ClN2O3S2. The Balaban J connectivity index is 2.90. The first-order chi connectivity index (χ1) is 8.33. The summed E-state index contributed by atoms with van der Waals surface area (Å²) >= 11 is 7.15. The SMILES string of the molecule is CS(=O)(=O)CCSc1cc(Cl)ccc1C(N)=NO. The Labute approximate surface area is 115 Å². The molecule has 8 heteroatoms. The van der Waals surface area contributed by atoms with Gasteiger partial charge >= 0.3 is 0 Å². The first kappa shape index (κ1) is 15.1. The number of hydrogen-bond acceptors (Lipinski definition) is 5. The number of nitrogens with zero attached hydrogens (tertiary/aromatic N) is 1. The summed E-state index contributed by atoms with van der Waals surface area (Å²) in [6.45, 7) is 0. The Morgan fingerprint density at radius 2 is 2.22 bits per heavy atom. The summed E-state index contributed by atoms with van der Waals surface area (Å²) in [5, 5.41) is 12.1. The van der Waals surface area contributed by atoms with E-state index in [1.165, 1.54) is 18.0 Å². The molecule has 0 bridgehead atoms. The number of oxime groups is 1. The quantitative estimate of drug-likeness (QED) is 0.283. The Hall–Kier alpha value is -0.920. The number of rotatable bonds is 5. The molecule has 1 rings (SSSR count). The van der Waals surface area contributed by atoms with E-state index in [4.69, 9.17) is 22.5 Å². The zero-order valence-electron chi connectivity index (χ0n) is 9.63. The third-order valence-corrected chi connectivity index (χ3v) is 4.54. The van der Waals surface area contributed by atoms with Gasteiger partial charge in [-0.05, 0) is 18.2 Å². The summed E-state index contributed by atoms with van der Waals surface area (Å²) in [6.07, 6.45) is 1.18. The van der Waals surface area contributed by atoms with E-state index in [1.54, 1.807) is 18.2 Å². The first-order valence-electron chi connectivity index (χ1n) is 4.91. The molecule has 0 radical (unpaired) electrons. The third-order valence-electron chi connectivity index (χ3n) is 2.04. The van der Waals surface area contributed by atoms with E-state index in [0.29, 0.717) is 21.2 Å². The molecule has 0 unspecified atom stereocenters. The molecular weight excluding hydrogens is 296 g/mol. The maximum atomic E-state index is 11.0. The lowest BCUT2D eigenvalue weighted by molar-refractivity contribution is 0.318. The van der Waals surface area contributed by atoms with Crippen molar-refractivity contribution in [1.82, 2.24) is 0 Å². The average molecular weight is 309 g/mol. The van der Waals surface area contributed by atoms with Gasteiger partial charge in [0.1, 0.15) is 9.84 Å². The second-order valence-corrected chi connectivity index (χ2v) is 7.44. The predicted octanol–water partition coefficient (Wildman–Crippen LogP) is 1.57. The lowest BCUT2D eigenvalue weighted by Crippen LogP contribution is -2.14. The summed E-state index contributed by atoms with van der Waals surface area (Å²) < 4.78 is 22.1. The molecule has 0 aliphatic heterocycles. The fourth-order valence-electron chi connectivity index (χ4n) is 1.18. The molecule has 0 saturated carbocycles. The van der Waals surface area contributed by atoms with Crippen LogP contribution in [0.5, 0.6) is 0 Å². The molecule has 1 aromatic rings. The molecule has 0 saturated heterocycles. The zero-order chi connectivity index (χ0) is 13.8. The number of sulfone groups is 1. The molecule has 5 nitrogen and oxygen atoms in total. The van der Waals surface area contributed by atoms with Gasteiger partial charge in [-0.1, -0.05) is 16.8 Å². The largest absolute Gasteiger partial charge is 0.409 e. The van der Waals surface area contributed by atoms with Crippen LogP contribution in [0.1, 0.15) is 5.56 Å². The van der Waals surface area contributed by atoms with Crippen LogP contribution >= 0.6 is 23.4 Å². The van der Waals surface area contributed by atoms with Gasteiger partial charge in [0.05, 0.1) is 5.75 Å². The van der Waals surface area contributed by atoms with Crippen LogP contribution < -0.4 is 5.73 Å². The third kappa shape index (κ3) is 4.75. The highest BCUT2D eigenvalue weighted by Gasteiger charge is 2.10. The molecule has 18 heavy (non-hydrogen) atoms. The number of thioether (sulfide) groups is 1. The molecule has 100 valence electrons. The topological polar surface area (TPSA) is 92.8 Å². The van der Waals surface area contributed by atoms with Crippen LogP contribution in [0.2, 0.25) is 5.02 Å². The van der Waals surface area contributed by atoms with E-state index >= 15 is 0 Å². The van der Waals surface area contributed by atoms with Crippen LogP contribution in [0.4, 0.5) is 0 Å². The molecule has 0 fully saturated rings. The summed E-state index contributed by atoms with van der Waals surface area (Å²) in [4.78, 5) is 0.682.